The fourth-order valence-corrected chi connectivity index (χ4v) is 3.21. The van der Waals surface area contributed by atoms with Crippen molar-refractivity contribution >= 4 is 17.6 Å². The molecule has 0 amide bonds. The average Bonchev–Trinajstić information content (AvgIpc) is 3.08. The maximum atomic E-state index is 14.2. The van der Waals surface area contributed by atoms with Crippen molar-refractivity contribution in [2.24, 2.45) is 10.1 Å². The molecule has 2 aromatic carbocycles. The molecule has 0 fully saturated rings. The molecule has 0 spiro atoms. The molecular weight excluding hydrogens is 387 g/mol. The highest BCUT2D eigenvalue weighted by Gasteiger charge is 2.11. The van der Waals surface area contributed by atoms with Crippen LogP contribution in [0.4, 0.5) is 13.2 Å². The van der Waals surface area contributed by atoms with Crippen molar-refractivity contribution in [1.82, 2.24) is 4.68 Å². The molecule has 0 unspecified atom stereocenters. The van der Waals surface area contributed by atoms with E-state index in [1.165, 1.54) is 40.4 Å². The Morgan fingerprint density at radius 2 is 1.89 bits per heavy atom. The van der Waals surface area contributed by atoms with E-state index >= 15 is 0 Å². The number of thiazole rings is 1. The predicted octanol–water partition coefficient (Wildman–Crippen LogP) is 4.93. The molecule has 0 aliphatic rings. The standard InChI is InChI=1S/C20H16F3N3OS/c1-2-11-24-20-26(18(13-28-20)16-5-3-4-6-17(16)21)25-12-14-7-9-15(10-8-14)27-19(22)23/h2-10,12-13,19H,1,11H2. The van der Waals surface area contributed by atoms with Crippen molar-refractivity contribution in [3.05, 3.63) is 82.7 Å². The van der Waals surface area contributed by atoms with E-state index in [0.29, 0.717) is 28.2 Å². The maximum Gasteiger partial charge on any atom is 0.387 e. The lowest BCUT2D eigenvalue weighted by molar-refractivity contribution is -0.0498. The molecule has 0 radical (unpaired) electrons. The summed E-state index contributed by atoms with van der Waals surface area (Å²) in [6.45, 7) is 1.16. The van der Waals surface area contributed by atoms with Crippen molar-refractivity contribution in [2.45, 2.75) is 6.61 Å². The minimum atomic E-state index is -2.88. The molecule has 8 heteroatoms. The number of rotatable bonds is 7. The quantitative estimate of drug-likeness (QED) is 0.407. The van der Waals surface area contributed by atoms with Gasteiger partial charge < -0.3 is 4.74 Å². The van der Waals surface area contributed by atoms with Crippen molar-refractivity contribution in [1.29, 1.82) is 0 Å². The molecule has 3 aromatic rings. The highest BCUT2D eigenvalue weighted by atomic mass is 32.1. The van der Waals surface area contributed by atoms with E-state index in [2.05, 4.69) is 21.4 Å². The fourth-order valence-electron chi connectivity index (χ4n) is 2.38. The van der Waals surface area contributed by atoms with E-state index in [-0.39, 0.29) is 11.6 Å². The van der Waals surface area contributed by atoms with Crippen LogP contribution >= 0.6 is 11.3 Å². The van der Waals surface area contributed by atoms with E-state index < -0.39 is 6.61 Å². The normalized spacial score (nSPS) is 12.1. The van der Waals surface area contributed by atoms with Gasteiger partial charge in [0, 0.05) is 10.9 Å². The Balaban J connectivity index is 1.97. The van der Waals surface area contributed by atoms with Crippen LogP contribution in [0.25, 0.3) is 11.3 Å². The molecule has 4 nitrogen and oxygen atoms in total. The minimum Gasteiger partial charge on any atom is -0.435 e. The Labute approximate surface area is 163 Å². The smallest absolute Gasteiger partial charge is 0.387 e. The van der Waals surface area contributed by atoms with Crippen LogP contribution in [0.3, 0.4) is 0 Å². The summed E-state index contributed by atoms with van der Waals surface area (Å²) in [5.74, 6) is -0.308. The first-order valence-corrected chi connectivity index (χ1v) is 9.12. The summed E-state index contributed by atoms with van der Waals surface area (Å²) in [7, 11) is 0. The number of halogens is 3. The van der Waals surface area contributed by atoms with Gasteiger partial charge in [-0.2, -0.15) is 13.9 Å². The third-order valence-corrected chi connectivity index (χ3v) is 4.47. The second-order valence-electron chi connectivity index (χ2n) is 5.52. The van der Waals surface area contributed by atoms with Gasteiger partial charge in [-0.25, -0.2) is 9.07 Å². The molecule has 0 aliphatic carbocycles. The van der Waals surface area contributed by atoms with E-state index in [1.54, 1.807) is 41.8 Å². The van der Waals surface area contributed by atoms with Gasteiger partial charge in [-0.15, -0.1) is 17.9 Å². The summed E-state index contributed by atoms with van der Waals surface area (Å²) in [6.07, 6.45) is 3.19. The maximum absolute atomic E-state index is 14.2. The first kappa shape index (κ1) is 19.6. The molecule has 0 bridgehead atoms. The SMILES string of the molecule is C=CCN=c1scc(-c2ccccc2F)n1N=Cc1ccc(OC(F)F)cc1. The van der Waals surface area contributed by atoms with Gasteiger partial charge in [0.15, 0.2) is 0 Å². The van der Waals surface area contributed by atoms with Gasteiger partial charge in [-0.05, 0) is 42.0 Å². The lowest BCUT2D eigenvalue weighted by Gasteiger charge is -2.05. The summed E-state index contributed by atoms with van der Waals surface area (Å²) < 4.78 is 44.6. The molecule has 0 saturated heterocycles. The summed E-state index contributed by atoms with van der Waals surface area (Å²) in [4.78, 5) is 4.96. The van der Waals surface area contributed by atoms with Crippen LogP contribution in [0, 0.1) is 5.82 Å². The van der Waals surface area contributed by atoms with Gasteiger partial charge in [-0.3, -0.25) is 4.99 Å². The largest absolute Gasteiger partial charge is 0.435 e. The predicted molar refractivity (Wildman–Crippen MR) is 104 cm³/mol. The van der Waals surface area contributed by atoms with E-state index in [4.69, 9.17) is 0 Å². The Kier molecular flexibility index (Phi) is 6.44. The molecule has 0 aliphatic heterocycles. The molecule has 0 N–H and O–H groups in total. The molecule has 1 heterocycles. The van der Waals surface area contributed by atoms with Crippen LogP contribution < -0.4 is 9.54 Å². The van der Waals surface area contributed by atoms with Gasteiger partial charge >= 0.3 is 6.61 Å². The highest BCUT2D eigenvalue weighted by Crippen LogP contribution is 2.23. The van der Waals surface area contributed by atoms with Crippen LogP contribution in [0.15, 0.2) is 76.7 Å². The summed E-state index contributed by atoms with van der Waals surface area (Å²) in [5.41, 5.74) is 1.62. The number of ether oxygens (including phenoxy) is 1. The molecule has 3 rings (SSSR count). The Bertz CT molecular complexity index is 1040. The zero-order valence-electron chi connectivity index (χ0n) is 14.6. The highest BCUT2D eigenvalue weighted by molar-refractivity contribution is 7.07. The lowest BCUT2D eigenvalue weighted by Crippen LogP contribution is -2.12. The topological polar surface area (TPSA) is 38.9 Å². The lowest BCUT2D eigenvalue weighted by atomic mass is 10.1. The molecule has 28 heavy (non-hydrogen) atoms. The van der Waals surface area contributed by atoms with Crippen molar-refractivity contribution < 1.29 is 17.9 Å². The van der Waals surface area contributed by atoms with Gasteiger partial charge in [0.25, 0.3) is 0 Å². The third kappa shape index (κ3) is 4.77. The van der Waals surface area contributed by atoms with Crippen LogP contribution in [0.5, 0.6) is 5.75 Å². The number of alkyl halides is 2. The minimum absolute atomic E-state index is 0.0593. The van der Waals surface area contributed by atoms with Gasteiger partial charge in [-0.1, -0.05) is 18.2 Å². The summed E-state index contributed by atoms with van der Waals surface area (Å²) in [6, 6.07) is 12.4. The second kappa shape index (κ2) is 9.18. The summed E-state index contributed by atoms with van der Waals surface area (Å²) in [5, 5.41) is 6.19. The van der Waals surface area contributed by atoms with E-state index in [9.17, 15) is 13.2 Å². The molecule has 144 valence electrons. The molecule has 0 saturated carbocycles. The first-order chi connectivity index (χ1) is 13.6. The van der Waals surface area contributed by atoms with Crippen LogP contribution in [-0.2, 0) is 0 Å². The zero-order chi connectivity index (χ0) is 19.9. The first-order valence-electron chi connectivity index (χ1n) is 8.24. The fraction of sp³-hybridized carbons (Fsp3) is 0.100. The Hall–Kier alpha value is -3.13. The van der Waals surface area contributed by atoms with Crippen LogP contribution in [-0.4, -0.2) is 24.0 Å². The zero-order valence-corrected chi connectivity index (χ0v) is 15.5. The van der Waals surface area contributed by atoms with E-state index in [0.717, 1.165) is 0 Å². The Morgan fingerprint density at radius 1 is 1.14 bits per heavy atom. The number of nitrogens with zero attached hydrogens (tertiary/aromatic N) is 3. The number of hydrogen-bond acceptors (Lipinski definition) is 4. The molecular formula is C20H16F3N3OS. The molecule has 1 aromatic heterocycles. The number of aromatic nitrogens is 1. The number of benzene rings is 2. The van der Waals surface area contributed by atoms with Crippen LogP contribution in [0.1, 0.15) is 5.56 Å². The van der Waals surface area contributed by atoms with E-state index in [1.807, 2.05) is 0 Å². The van der Waals surface area contributed by atoms with Crippen LogP contribution in [0.2, 0.25) is 0 Å². The summed E-state index contributed by atoms with van der Waals surface area (Å²) >= 11 is 1.33. The van der Waals surface area contributed by atoms with Crippen molar-refractivity contribution in [3.63, 3.8) is 0 Å². The van der Waals surface area contributed by atoms with Gasteiger partial charge in [0.1, 0.15) is 11.6 Å². The molecule has 0 atom stereocenters. The van der Waals surface area contributed by atoms with Gasteiger partial charge in [0.05, 0.1) is 18.5 Å². The van der Waals surface area contributed by atoms with Crippen molar-refractivity contribution in [2.75, 3.05) is 6.54 Å². The number of hydrogen-bond donors (Lipinski definition) is 0. The monoisotopic (exact) mass is 403 g/mol. The average molecular weight is 403 g/mol. The Morgan fingerprint density at radius 3 is 2.57 bits per heavy atom. The van der Waals surface area contributed by atoms with Gasteiger partial charge in [0.2, 0.25) is 4.80 Å². The second-order valence-corrected chi connectivity index (χ2v) is 6.35. The van der Waals surface area contributed by atoms with Crippen molar-refractivity contribution in [3.8, 4) is 17.0 Å². The third-order valence-electron chi connectivity index (χ3n) is 3.62.